The third-order valence-electron chi connectivity index (χ3n) is 2.74. The van der Waals surface area contributed by atoms with Crippen LogP contribution in [0.2, 0.25) is 0 Å². The van der Waals surface area contributed by atoms with E-state index in [2.05, 4.69) is 15.9 Å². The molecular weight excluding hydrogens is 390 g/mol. The molecule has 0 bridgehead atoms. The van der Waals surface area contributed by atoms with Crippen molar-refractivity contribution < 1.29 is 18.1 Å². The van der Waals surface area contributed by atoms with Gasteiger partial charge in [-0.1, -0.05) is 18.2 Å². The fourth-order valence-corrected chi connectivity index (χ4v) is 3.51. The Labute approximate surface area is 139 Å². The highest BCUT2D eigenvalue weighted by Crippen LogP contribution is 2.20. The first-order valence-electron chi connectivity index (χ1n) is 6.12. The number of carbonyl (C=O) groups excluding carboxylic acids is 1. The number of nitro benzene ring substituents is 1. The van der Waals surface area contributed by atoms with Crippen LogP contribution in [0.3, 0.4) is 0 Å². The molecule has 0 aromatic heterocycles. The number of non-ortho nitro benzene ring substituents is 1. The predicted molar refractivity (Wildman–Crippen MR) is 85.0 cm³/mol. The van der Waals surface area contributed by atoms with Crippen LogP contribution in [-0.4, -0.2) is 19.2 Å². The molecule has 0 aliphatic heterocycles. The van der Waals surface area contributed by atoms with Gasteiger partial charge in [0.15, 0.2) is 0 Å². The number of nitro groups is 1. The van der Waals surface area contributed by atoms with Gasteiger partial charge in [-0.15, -0.1) is 4.83 Å². The lowest BCUT2D eigenvalue weighted by Crippen LogP contribution is -2.41. The molecule has 2 rings (SSSR count). The van der Waals surface area contributed by atoms with Gasteiger partial charge < -0.3 is 0 Å². The zero-order chi connectivity index (χ0) is 17.0. The highest BCUT2D eigenvalue weighted by Gasteiger charge is 2.19. The van der Waals surface area contributed by atoms with E-state index < -0.39 is 20.9 Å². The number of amides is 1. The summed E-state index contributed by atoms with van der Waals surface area (Å²) in [6.45, 7) is 0. The van der Waals surface area contributed by atoms with E-state index in [1.807, 2.05) is 10.3 Å². The summed E-state index contributed by atoms with van der Waals surface area (Å²) < 4.78 is 24.5. The molecular formula is C13H10BrN3O5S. The normalized spacial score (nSPS) is 11.0. The van der Waals surface area contributed by atoms with Crippen LogP contribution in [0.4, 0.5) is 5.69 Å². The molecule has 0 heterocycles. The second-order valence-electron chi connectivity index (χ2n) is 4.30. The molecule has 8 nitrogen and oxygen atoms in total. The summed E-state index contributed by atoms with van der Waals surface area (Å²) in [5.41, 5.74) is 1.69. The van der Waals surface area contributed by atoms with Crippen molar-refractivity contribution in [3.05, 3.63) is 68.7 Å². The summed E-state index contributed by atoms with van der Waals surface area (Å²) in [7, 11) is -3.98. The van der Waals surface area contributed by atoms with Crippen molar-refractivity contribution in [1.82, 2.24) is 10.3 Å². The van der Waals surface area contributed by atoms with Crippen molar-refractivity contribution in [2.75, 3.05) is 0 Å². The molecule has 0 saturated carbocycles. The highest BCUT2D eigenvalue weighted by atomic mass is 79.9. The van der Waals surface area contributed by atoms with Gasteiger partial charge in [-0.3, -0.25) is 20.3 Å². The summed E-state index contributed by atoms with van der Waals surface area (Å²) in [4.78, 5) is 23.8. The van der Waals surface area contributed by atoms with Gasteiger partial charge in [0.05, 0.1) is 9.82 Å². The minimum atomic E-state index is -3.98. The first-order valence-corrected chi connectivity index (χ1v) is 8.40. The van der Waals surface area contributed by atoms with E-state index in [1.165, 1.54) is 36.4 Å². The van der Waals surface area contributed by atoms with Crippen molar-refractivity contribution in [2.45, 2.75) is 4.90 Å². The number of rotatable bonds is 5. The Hall–Kier alpha value is -2.30. The van der Waals surface area contributed by atoms with E-state index >= 15 is 0 Å². The van der Waals surface area contributed by atoms with E-state index in [-0.39, 0.29) is 16.1 Å². The van der Waals surface area contributed by atoms with Crippen LogP contribution < -0.4 is 10.3 Å². The number of sulfonamides is 1. The predicted octanol–water partition coefficient (Wildman–Crippen LogP) is 1.98. The number of carbonyl (C=O) groups is 1. The third kappa shape index (κ3) is 4.12. The average Bonchev–Trinajstić information content (AvgIpc) is 2.53. The average molecular weight is 400 g/mol. The molecule has 2 aromatic rings. The lowest BCUT2D eigenvalue weighted by atomic mass is 10.2. The van der Waals surface area contributed by atoms with Gasteiger partial charge in [0.25, 0.3) is 21.6 Å². The topological polar surface area (TPSA) is 118 Å². The van der Waals surface area contributed by atoms with Crippen molar-refractivity contribution in [3.63, 3.8) is 0 Å². The van der Waals surface area contributed by atoms with Crippen LogP contribution in [0.1, 0.15) is 10.4 Å². The van der Waals surface area contributed by atoms with E-state index in [9.17, 15) is 23.3 Å². The first-order chi connectivity index (χ1) is 10.8. The molecule has 0 unspecified atom stereocenters. The Morgan fingerprint density at radius 3 is 2.48 bits per heavy atom. The zero-order valence-electron chi connectivity index (χ0n) is 11.4. The lowest BCUT2D eigenvalue weighted by molar-refractivity contribution is -0.384. The molecule has 120 valence electrons. The first kappa shape index (κ1) is 17.1. The van der Waals surface area contributed by atoms with E-state index in [0.29, 0.717) is 4.47 Å². The number of benzene rings is 2. The SMILES string of the molecule is O=C(NNS(=O)(=O)c1ccccc1Br)c1cccc([N+](=O)[O-])c1. The molecule has 0 aliphatic rings. The van der Waals surface area contributed by atoms with E-state index in [4.69, 9.17) is 0 Å². The fraction of sp³-hybridized carbons (Fsp3) is 0. The maximum Gasteiger partial charge on any atom is 0.270 e. The number of hydrogen-bond donors (Lipinski definition) is 2. The number of halogens is 1. The molecule has 0 fully saturated rings. The van der Waals surface area contributed by atoms with Gasteiger partial charge in [-0.25, -0.2) is 8.42 Å². The van der Waals surface area contributed by atoms with Gasteiger partial charge in [-0.2, -0.15) is 0 Å². The Kier molecular flexibility index (Phi) is 5.08. The Morgan fingerprint density at radius 2 is 1.83 bits per heavy atom. The van der Waals surface area contributed by atoms with Crippen molar-refractivity contribution >= 4 is 37.5 Å². The molecule has 0 spiro atoms. The Balaban J connectivity index is 2.14. The fourth-order valence-electron chi connectivity index (χ4n) is 1.66. The summed E-state index contributed by atoms with van der Waals surface area (Å²) in [6, 6.07) is 11.0. The second-order valence-corrected chi connectivity index (χ2v) is 6.80. The minimum Gasteiger partial charge on any atom is -0.273 e. The monoisotopic (exact) mass is 399 g/mol. The van der Waals surface area contributed by atoms with Crippen LogP contribution in [0.15, 0.2) is 57.9 Å². The molecule has 0 saturated heterocycles. The van der Waals surface area contributed by atoms with E-state index in [0.717, 1.165) is 6.07 Å². The van der Waals surface area contributed by atoms with Gasteiger partial charge in [-0.05, 0) is 34.1 Å². The Bertz CT molecular complexity index is 869. The molecule has 0 atom stereocenters. The van der Waals surface area contributed by atoms with Crippen molar-refractivity contribution in [1.29, 1.82) is 0 Å². The lowest BCUT2D eigenvalue weighted by Gasteiger charge is -2.09. The quantitative estimate of drug-likeness (QED) is 0.588. The van der Waals surface area contributed by atoms with E-state index in [1.54, 1.807) is 6.07 Å². The molecule has 0 aliphatic carbocycles. The minimum absolute atomic E-state index is 0.0472. The number of nitrogens with one attached hydrogen (secondary N) is 2. The standard InChI is InChI=1S/C13H10BrN3O5S/c14-11-6-1-2-7-12(11)23(21,22)16-15-13(18)9-4-3-5-10(8-9)17(19)20/h1-8,16H,(H,15,18). The van der Waals surface area contributed by atoms with Crippen LogP contribution in [0, 0.1) is 10.1 Å². The molecule has 2 N–H and O–H groups in total. The van der Waals surface area contributed by atoms with Crippen LogP contribution >= 0.6 is 15.9 Å². The van der Waals surface area contributed by atoms with Crippen LogP contribution in [0.5, 0.6) is 0 Å². The van der Waals surface area contributed by atoms with Gasteiger partial charge in [0.1, 0.15) is 0 Å². The molecule has 0 radical (unpaired) electrons. The number of nitrogens with zero attached hydrogens (tertiary/aromatic N) is 1. The van der Waals surface area contributed by atoms with Crippen LogP contribution in [-0.2, 0) is 10.0 Å². The third-order valence-corrected chi connectivity index (χ3v) is 5.00. The maximum absolute atomic E-state index is 12.1. The molecule has 1 amide bonds. The van der Waals surface area contributed by atoms with Gasteiger partial charge >= 0.3 is 0 Å². The molecule has 23 heavy (non-hydrogen) atoms. The number of hydrazine groups is 1. The van der Waals surface area contributed by atoms with Crippen LogP contribution in [0.25, 0.3) is 0 Å². The Morgan fingerprint density at radius 1 is 1.13 bits per heavy atom. The zero-order valence-corrected chi connectivity index (χ0v) is 13.8. The smallest absolute Gasteiger partial charge is 0.270 e. The number of hydrogen-bond acceptors (Lipinski definition) is 5. The van der Waals surface area contributed by atoms with Gasteiger partial charge in [0.2, 0.25) is 0 Å². The highest BCUT2D eigenvalue weighted by molar-refractivity contribution is 9.10. The summed E-state index contributed by atoms with van der Waals surface area (Å²) >= 11 is 3.10. The molecule has 2 aromatic carbocycles. The summed E-state index contributed by atoms with van der Waals surface area (Å²) in [5.74, 6) is -0.815. The summed E-state index contributed by atoms with van der Waals surface area (Å²) in [5, 5.41) is 10.7. The van der Waals surface area contributed by atoms with Gasteiger partial charge in [0, 0.05) is 22.2 Å². The maximum atomic E-state index is 12.1. The van der Waals surface area contributed by atoms with Crippen molar-refractivity contribution in [2.24, 2.45) is 0 Å². The largest absolute Gasteiger partial charge is 0.273 e. The molecule has 10 heteroatoms. The second kappa shape index (κ2) is 6.86. The van der Waals surface area contributed by atoms with Crippen molar-refractivity contribution in [3.8, 4) is 0 Å². The summed E-state index contributed by atoms with van der Waals surface area (Å²) in [6.07, 6.45) is 0.